The molecule has 0 radical (unpaired) electrons. The molecule has 2 rings (SSSR count). The van der Waals surface area contributed by atoms with Gasteiger partial charge < -0.3 is 15.4 Å². The molecular weight excluding hydrogens is 344 g/mol. The quantitative estimate of drug-likeness (QED) is 0.752. The first-order chi connectivity index (χ1) is 12.7. The first-order valence-corrected chi connectivity index (χ1v) is 8.71. The summed E-state index contributed by atoms with van der Waals surface area (Å²) in [7, 11) is 0. The van der Waals surface area contributed by atoms with Crippen LogP contribution < -0.4 is 10.6 Å². The lowest BCUT2D eigenvalue weighted by Crippen LogP contribution is -2.12. The zero-order chi connectivity index (χ0) is 20.0. The monoisotopic (exact) mass is 368 g/mol. The van der Waals surface area contributed by atoms with Gasteiger partial charge in [-0.2, -0.15) is 0 Å². The lowest BCUT2D eigenvalue weighted by Gasteiger charge is -2.11. The highest BCUT2D eigenvalue weighted by atomic mass is 16.5. The third kappa shape index (κ3) is 6.26. The van der Waals surface area contributed by atoms with Crippen LogP contribution in [0, 0.1) is 0 Å². The van der Waals surface area contributed by atoms with E-state index in [0.29, 0.717) is 17.3 Å². The maximum Gasteiger partial charge on any atom is 0.338 e. The maximum absolute atomic E-state index is 12.4. The van der Waals surface area contributed by atoms with Gasteiger partial charge in [0.05, 0.1) is 5.56 Å². The molecule has 0 aromatic heterocycles. The molecule has 6 heteroatoms. The second-order valence-corrected chi connectivity index (χ2v) is 6.63. The number of rotatable bonds is 6. The van der Waals surface area contributed by atoms with Gasteiger partial charge in [0, 0.05) is 25.2 Å². The molecule has 6 nitrogen and oxygen atoms in total. The van der Waals surface area contributed by atoms with Crippen LogP contribution in [0.3, 0.4) is 0 Å². The zero-order valence-electron chi connectivity index (χ0n) is 16.0. The van der Waals surface area contributed by atoms with Gasteiger partial charge in [-0.25, -0.2) is 4.79 Å². The van der Waals surface area contributed by atoms with Gasteiger partial charge in [0.25, 0.3) is 0 Å². The first-order valence-electron chi connectivity index (χ1n) is 8.71. The number of hydrogen-bond acceptors (Lipinski definition) is 4. The molecule has 0 fully saturated rings. The number of anilines is 2. The first kappa shape index (κ1) is 20.2. The fourth-order valence-electron chi connectivity index (χ4n) is 2.53. The number of nitrogens with one attached hydrogen (secondary N) is 2. The molecule has 0 bridgehead atoms. The Morgan fingerprint density at radius 3 is 1.85 bits per heavy atom. The Kier molecular flexibility index (Phi) is 6.71. The zero-order valence-corrected chi connectivity index (χ0v) is 16.0. The fraction of sp³-hybridized carbons (Fsp3) is 0.286. The summed E-state index contributed by atoms with van der Waals surface area (Å²) in [6.07, 6.45) is 0. The van der Waals surface area contributed by atoms with Crippen LogP contribution in [-0.4, -0.2) is 17.8 Å². The van der Waals surface area contributed by atoms with Crippen LogP contribution in [0.5, 0.6) is 0 Å². The van der Waals surface area contributed by atoms with Crippen LogP contribution in [-0.2, 0) is 20.9 Å². The van der Waals surface area contributed by atoms with Crippen LogP contribution in [0.25, 0.3) is 0 Å². The van der Waals surface area contributed by atoms with Crippen molar-refractivity contribution in [3.63, 3.8) is 0 Å². The number of esters is 1. The second kappa shape index (κ2) is 8.98. The molecule has 0 aliphatic heterocycles. The normalized spacial score (nSPS) is 10.4. The highest BCUT2D eigenvalue weighted by molar-refractivity contribution is 5.97. The predicted molar refractivity (Wildman–Crippen MR) is 105 cm³/mol. The van der Waals surface area contributed by atoms with Crippen LogP contribution in [0.4, 0.5) is 11.4 Å². The summed E-state index contributed by atoms with van der Waals surface area (Å²) in [5, 5.41) is 5.21. The van der Waals surface area contributed by atoms with Crippen molar-refractivity contribution in [2.24, 2.45) is 0 Å². The van der Waals surface area contributed by atoms with E-state index < -0.39 is 5.97 Å². The van der Waals surface area contributed by atoms with E-state index >= 15 is 0 Å². The van der Waals surface area contributed by atoms with E-state index in [0.717, 1.165) is 5.56 Å². The summed E-state index contributed by atoms with van der Waals surface area (Å²) in [6.45, 7) is 7.10. The molecule has 2 amide bonds. The number of benzene rings is 2. The SMILES string of the molecule is CC(=O)Nc1cc(NC(C)=O)cc(C(=O)OCc2ccc(C(C)C)cc2)c1. The number of amides is 2. The number of ether oxygens (including phenoxy) is 1. The van der Waals surface area contributed by atoms with Gasteiger partial charge in [0.2, 0.25) is 11.8 Å². The number of carbonyl (C=O) groups is 3. The van der Waals surface area contributed by atoms with Gasteiger partial charge in [0.1, 0.15) is 6.61 Å². The van der Waals surface area contributed by atoms with Crippen molar-refractivity contribution in [1.29, 1.82) is 0 Å². The molecule has 27 heavy (non-hydrogen) atoms. The third-order valence-corrected chi connectivity index (χ3v) is 3.83. The van der Waals surface area contributed by atoms with Gasteiger partial charge in [-0.15, -0.1) is 0 Å². The van der Waals surface area contributed by atoms with Gasteiger partial charge in [-0.1, -0.05) is 38.1 Å². The molecule has 2 aromatic rings. The van der Waals surface area contributed by atoms with Gasteiger partial charge in [0.15, 0.2) is 0 Å². The molecule has 0 aliphatic rings. The van der Waals surface area contributed by atoms with Gasteiger partial charge in [-0.05, 0) is 35.2 Å². The van der Waals surface area contributed by atoms with Gasteiger partial charge >= 0.3 is 5.97 Å². The van der Waals surface area contributed by atoms with Crippen LogP contribution in [0.2, 0.25) is 0 Å². The molecule has 0 unspecified atom stereocenters. The number of hydrogen-bond donors (Lipinski definition) is 2. The molecule has 2 aromatic carbocycles. The largest absolute Gasteiger partial charge is 0.457 e. The topological polar surface area (TPSA) is 84.5 Å². The van der Waals surface area contributed by atoms with E-state index in [-0.39, 0.29) is 24.0 Å². The molecule has 2 N–H and O–H groups in total. The van der Waals surface area contributed by atoms with E-state index in [4.69, 9.17) is 4.74 Å². The molecule has 0 heterocycles. The second-order valence-electron chi connectivity index (χ2n) is 6.63. The van der Waals surface area contributed by atoms with E-state index in [1.165, 1.54) is 31.5 Å². The molecule has 142 valence electrons. The Bertz CT molecular complexity index is 808. The Hall–Kier alpha value is -3.15. The summed E-state index contributed by atoms with van der Waals surface area (Å²) in [5.41, 5.74) is 3.15. The minimum Gasteiger partial charge on any atom is -0.457 e. The van der Waals surface area contributed by atoms with E-state index in [1.54, 1.807) is 6.07 Å². The van der Waals surface area contributed by atoms with Crippen molar-refractivity contribution in [2.75, 3.05) is 10.6 Å². The molecule has 0 saturated heterocycles. The Balaban J connectivity index is 2.13. The summed E-state index contributed by atoms with van der Waals surface area (Å²) < 4.78 is 5.37. The maximum atomic E-state index is 12.4. The van der Waals surface area contributed by atoms with Crippen molar-refractivity contribution in [2.45, 2.75) is 40.2 Å². The Morgan fingerprint density at radius 1 is 0.889 bits per heavy atom. The molecule has 0 aliphatic carbocycles. The van der Waals surface area contributed by atoms with Crippen molar-refractivity contribution in [3.05, 3.63) is 59.2 Å². The fourth-order valence-corrected chi connectivity index (χ4v) is 2.53. The van der Waals surface area contributed by atoms with Crippen molar-refractivity contribution < 1.29 is 19.1 Å². The average molecular weight is 368 g/mol. The van der Waals surface area contributed by atoms with Crippen molar-refractivity contribution in [3.8, 4) is 0 Å². The molecule has 0 spiro atoms. The van der Waals surface area contributed by atoms with Crippen molar-refractivity contribution >= 4 is 29.2 Å². The molecular formula is C21H24N2O4. The predicted octanol–water partition coefficient (Wildman–Crippen LogP) is 4.08. The third-order valence-electron chi connectivity index (χ3n) is 3.83. The van der Waals surface area contributed by atoms with Gasteiger partial charge in [-0.3, -0.25) is 9.59 Å². The Morgan fingerprint density at radius 2 is 1.41 bits per heavy atom. The molecule has 0 atom stereocenters. The molecule has 0 saturated carbocycles. The van der Waals surface area contributed by atoms with Crippen molar-refractivity contribution in [1.82, 2.24) is 0 Å². The lowest BCUT2D eigenvalue weighted by molar-refractivity contribution is -0.115. The number of carbonyl (C=O) groups excluding carboxylic acids is 3. The summed E-state index contributed by atoms with van der Waals surface area (Å²) in [5.74, 6) is -0.661. The van der Waals surface area contributed by atoms with Crippen LogP contribution in [0.15, 0.2) is 42.5 Å². The summed E-state index contributed by atoms with van der Waals surface area (Å²) >= 11 is 0. The average Bonchev–Trinajstić information content (AvgIpc) is 2.58. The van der Waals surface area contributed by atoms with Crippen LogP contribution in [0.1, 0.15) is 55.1 Å². The minimum atomic E-state index is -0.540. The smallest absolute Gasteiger partial charge is 0.338 e. The standard InChI is InChI=1S/C21H24N2O4/c1-13(2)17-7-5-16(6-8-17)12-27-21(26)18-9-19(22-14(3)24)11-20(10-18)23-15(4)25/h5-11,13H,12H2,1-4H3,(H,22,24)(H,23,25). The van der Waals surface area contributed by atoms with Crippen LogP contribution >= 0.6 is 0 Å². The minimum absolute atomic E-state index is 0.136. The van der Waals surface area contributed by atoms with E-state index in [2.05, 4.69) is 24.5 Å². The lowest BCUT2D eigenvalue weighted by atomic mass is 10.0. The van der Waals surface area contributed by atoms with E-state index in [9.17, 15) is 14.4 Å². The van der Waals surface area contributed by atoms with E-state index in [1.807, 2.05) is 24.3 Å². The summed E-state index contributed by atoms with van der Waals surface area (Å²) in [4.78, 5) is 35.0. The highest BCUT2D eigenvalue weighted by Crippen LogP contribution is 2.21. The Labute approximate surface area is 158 Å². The highest BCUT2D eigenvalue weighted by Gasteiger charge is 2.12. The summed E-state index contributed by atoms with van der Waals surface area (Å²) in [6, 6.07) is 12.5.